The van der Waals surface area contributed by atoms with Crippen LogP contribution in [0.25, 0.3) is 0 Å². The molecule has 2 heterocycles. The zero-order chi connectivity index (χ0) is 68.3. The number of amides is 1. The summed E-state index contributed by atoms with van der Waals surface area (Å²) in [6.45, 7) is 36.8. The Kier molecular flexibility index (Phi) is 45.8. The monoisotopic (exact) mass is 1320 g/mol. The van der Waals surface area contributed by atoms with Crippen LogP contribution in [-0.2, 0) is 71.1 Å². The molecule has 3 rings (SSSR count). The van der Waals surface area contributed by atoms with E-state index in [1.807, 2.05) is 119 Å². The molecule has 2 N–H and O–H groups in total. The molecule has 0 spiro atoms. The number of hydrogen-bond donors (Lipinski definition) is 2. The lowest BCUT2D eigenvalue weighted by atomic mass is 10.0. The second-order valence-corrected chi connectivity index (χ2v) is 26.7. The largest absolute Gasteiger partial charge is 0.391 e. The summed E-state index contributed by atoms with van der Waals surface area (Å²) in [5.74, 6) is 1.14. The number of benzene rings is 1. The topological polar surface area (TPSA) is 218 Å². The second-order valence-electron chi connectivity index (χ2n) is 26.7. The van der Waals surface area contributed by atoms with E-state index in [4.69, 9.17) is 76.3 Å². The number of carbonyl (C=O) groups is 1. The third-order valence-corrected chi connectivity index (χ3v) is 15.8. The number of hydrogen-bond acceptors (Lipinski definition) is 20. The first-order chi connectivity index (χ1) is 44.5. The quantitative estimate of drug-likeness (QED) is 0.0579. The normalized spacial score (nSPS) is 18.8. The van der Waals surface area contributed by atoms with Gasteiger partial charge in [0.15, 0.2) is 11.7 Å². The highest BCUT2D eigenvalue weighted by atomic mass is 16.6. The number of aliphatic imine (C=N–C) groups is 2. The summed E-state index contributed by atoms with van der Waals surface area (Å²) in [4.78, 5) is 24.3. The van der Waals surface area contributed by atoms with Gasteiger partial charge in [-0.1, -0.05) is 109 Å². The molecule has 1 aromatic rings. The molecule has 21 nitrogen and oxygen atoms in total. The van der Waals surface area contributed by atoms with Crippen LogP contribution in [0.2, 0.25) is 0 Å². The molecule has 0 bridgehead atoms. The van der Waals surface area contributed by atoms with Crippen molar-refractivity contribution >= 4 is 23.3 Å². The number of unbranched alkanes of at least 4 members (excludes halogenated alkanes) is 13. The molecular formula is C72H132N4O17. The van der Waals surface area contributed by atoms with Gasteiger partial charge in [-0.2, -0.15) is 0 Å². The number of amidine groups is 2. The van der Waals surface area contributed by atoms with Crippen LogP contribution >= 0.6 is 0 Å². The number of aliphatic hydroxyl groups excluding tert-OH is 2. The number of aliphatic hydroxyl groups is 2. The maximum absolute atomic E-state index is 14.1. The molecule has 21 heteroatoms. The molecule has 542 valence electrons. The van der Waals surface area contributed by atoms with Gasteiger partial charge in [-0.25, -0.2) is 15.0 Å². The molecule has 1 amide bonds. The maximum Gasteiger partial charge on any atom is 0.263 e. The van der Waals surface area contributed by atoms with E-state index < -0.39 is 18.3 Å². The smallest absolute Gasteiger partial charge is 0.263 e. The van der Waals surface area contributed by atoms with Crippen LogP contribution in [0.15, 0.2) is 34.3 Å². The van der Waals surface area contributed by atoms with Gasteiger partial charge in [0.05, 0.1) is 196 Å². The Morgan fingerprint density at radius 3 is 1.01 bits per heavy atom. The van der Waals surface area contributed by atoms with E-state index in [0.717, 1.165) is 30.5 Å². The van der Waals surface area contributed by atoms with Gasteiger partial charge >= 0.3 is 0 Å². The van der Waals surface area contributed by atoms with Crippen LogP contribution in [-0.4, -0.2) is 241 Å². The average Bonchev–Trinajstić information content (AvgIpc) is 0.824. The fourth-order valence-electron chi connectivity index (χ4n) is 10.1. The number of fused-ring (bicyclic) bond motifs is 3. The van der Waals surface area contributed by atoms with Crippen molar-refractivity contribution < 1.29 is 81.3 Å². The molecular weight excluding hydrogens is 1190 g/mol. The standard InChI is InChI=1S/C72H132N4O17/c1-17-18-19-20-21-22-23-24-25-26-27-28-29-30-35-69(72-74-68-34-32-31-33-67(68)71-73-36-70(79)75(76(71)72)37-54(4)82-40-57(7)85-43-58(8)83-41-55(5)80-38-52(2)77)93-51-66(16)92-50-65(15)91-49-64(14)90-48-63(13)89-47-62(12)88-46-61(11)87-45-60(10)86-44-59(9)84-42-56(6)81-39-53(3)78/h31-34,52-66,69,77-78H,17-30,35-51H2,1-16H3. The van der Waals surface area contributed by atoms with Crippen molar-refractivity contribution in [3.63, 3.8) is 0 Å². The summed E-state index contributed by atoms with van der Waals surface area (Å²) in [5.41, 5.74) is 1.64. The van der Waals surface area contributed by atoms with Crippen LogP contribution in [0.4, 0.5) is 5.69 Å². The number of carbonyl (C=O) groups excluding carboxylic acids is 1. The third kappa shape index (κ3) is 39.4. The highest BCUT2D eigenvalue weighted by Crippen LogP contribution is 2.32. The van der Waals surface area contributed by atoms with Crippen molar-refractivity contribution in [2.45, 2.75) is 305 Å². The highest BCUT2D eigenvalue weighted by molar-refractivity contribution is 6.18. The minimum atomic E-state index is -0.531. The molecule has 0 saturated carbocycles. The van der Waals surface area contributed by atoms with Crippen molar-refractivity contribution in [3.05, 3.63) is 29.8 Å². The fourth-order valence-corrected chi connectivity index (χ4v) is 10.1. The van der Waals surface area contributed by atoms with Crippen LogP contribution in [0.5, 0.6) is 0 Å². The van der Waals surface area contributed by atoms with Gasteiger partial charge in [0.1, 0.15) is 12.6 Å². The third-order valence-electron chi connectivity index (χ3n) is 15.8. The SMILES string of the molecule is CCCCCCCCCCCCCCCCC(OCC(C)OCC(C)OCC(C)OCC(C)OCC(C)OCC(C)OCC(C)OCC(C)OCC(C)OCC(C)O)C1=Nc2ccccc2C2=NCC(=O)N(CC(C)OCC(C)OCC(C)OCC(C)OCC(C)O)N21. The molecule has 0 saturated heterocycles. The number of ether oxygens (including phenoxy) is 14. The Morgan fingerprint density at radius 1 is 0.387 bits per heavy atom. The predicted octanol–water partition coefficient (Wildman–Crippen LogP) is 11.8. The number of nitrogens with zero attached hydrogens (tertiary/aromatic N) is 4. The highest BCUT2D eigenvalue weighted by Gasteiger charge is 2.41. The number of para-hydroxylation sites is 1. The molecule has 2 aliphatic rings. The molecule has 0 aliphatic carbocycles. The first-order valence-corrected chi connectivity index (χ1v) is 35.9. The van der Waals surface area contributed by atoms with Crippen molar-refractivity contribution in [2.24, 2.45) is 9.98 Å². The minimum absolute atomic E-state index is 0.00272. The molecule has 16 atom stereocenters. The van der Waals surface area contributed by atoms with E-state index in [1.54, 1.807) is 18.9 Å². The molecule has 0 radical (unpaired) electrons. The number of rotatable bonds is 60. The van der Waals surface area contributed by atoms with Crippen molar-refractivity contribution in [1.82, 2.24) is 10.0 Å². The lowest BCUT2D eigenvalue weighted by Gasteiger charge is -2.44. The molecule has 0 fully saturated rings. The predicted molar refractivity (Wildman–Crippen MR) is 367 cm³/mol. The van der Waals surface area contributed by atoms with E-state index in [0.29, 0.717) is 97.4 Å². The van der Waals surface area contributed by atoms with Gasteiger partial charge in [-0.15, -0.1) is 0 Å². The zero-order valence-electron chi connectivity index (χ0n) is 60.8. The summed E-state index contributed by atoms with van der Waals surface area (Å²) in [6, 6.07) is 7.96. The lowest BCUT2D eigenvalue weighted by molar-refractivity contribution is -0.143. The van der Waals surface area contributed by atoms with Gasteiger partial charge in [-0.05, 0) is 122 Å². The molecule has 1 aromatic carbocycles. The van der Waals surface area contributed by atoms with Crippen LogP contribution in [0.1, 0.15) is 213 Å². The molecule has 0 aromatic heterocycles. The van der Waals surface area contributed by atoms with Gasteiger partial charge < -0.3 is 76.5 Å². The van der Waals surface area contributed by atoms with Crippen LogP contribution in [0, 0.1) is 0 Å². The van der Waals surface area contributed by atoms with Gasteiger partial charge in [0.2, 0.25) is 0 Å². The Hall–Kier alpha value is -2.81. The zero-order valence-corrected chi connectivity index (χ0v) is 60.8. The first kappa shape index (κ1) is 84.4. The van der Waals surface area contributed by atoms with Gasteiger partial charge in [-0.3, -0.25) is 9.79 Å². The Morgan fingerprint density at radius 2 is 0.677 bits per heavy atom. The fraction of sp³-hybridized carbons (Fsp3) is 0.875. The Labute approximate surface area is 562 Å². The summed E-state index contributed by atoms with van der Waals surface area (Å²) < 4.78 is 85.1. The lowest BCUT2D eigenvalue weighted by Crippen LogP contribution is -2.61. The van der Waals surface area contributed by atoms with Crippen LogP contribution in [0.3, 0.4) is 0 Å². The maximum atomic E-state index is 14.1. The summed E-state index contributed by atoms with van der Waals surface area (Å²) in [5, 5.41) is 22.6. The second kappa shape index (κ2) is 50.5. The van der Waals surface area contributed by atoms with E-state index in [9.17, 15) is 15.0 Å². The summed E-state index contributed by atoms with van der Waals surface area (Å²) in [7, 11) is 0. The summed E-state index contributed by atoms with van der Waals surface area (Å²) >= 11 is 0. The van der Waals surface area contributed by atoms with E-state index in [-0.39, 0.29) is 112 Å². The Balaban J connectivity index is 1.51. The van der Waals surface area contributed by atoms with E-state index in [1.165, 1.54) is 70.6 Å². The van der Waals surface area contributed by atoms with Crippen molar-refractivity contribution in [3.8, 4) is 0 Å². The molecule has 16 unspecified atom stereocenters. The van der Waals surface area contributed by atoms with E-state index >= 15 is 0 Å². The van der Waals surface area contributed by atoms with Gasteiger partial charge in [0, 0.05) is 5.56 Å². The minimum Gasteiger partial charge on any atom is -0.391 e. The first-order valence-electron chi connectivity index (χ1n) is 35.9. The summed E-state index contributed by atoms with van der Waals surface area (Å²) in [6.07, 6.45) is 14.6. The average molecular weight is 1330 g/mol. The van der Waals surface area contributed by atoms with Crippen LogP contribution < -0.4 is 0 Å². The Bertz CT molecular complexity index is 2090. The van der Waals surface area contributed by atoms with Crippen molar-refractivity contribution in [2.75, 3.05) is 106 Å². The van der Waals surface area contributed by atoms with Gasteiger partial charge in [0.25, 0.3) is 5.91 Å². The van der Waals surface area contributed by atoms with Crippen molar-refractivity contribution in [1.29, 1.82) is 0 Å². The number of hydrazine groups is 1. The molecule has 2 aliphatic heterocycles. The van der Waals surface area contributed by atoms with E-state index in [2.05, 4.69) is 6.92 Å². The molecule has 93 heavy (non-hydrogen) atoms.